The molecule has 1 amide bonds. The van der Waals surface area contributed by atoms with Gasteiger partial charge in [0.2, 0.25) is 5.91 Å². The molecule has 4 rings (SSSR count). The molecule has 0 spiro atoms. The highest BCUT2D eigenvalue weighted by molar-refractivity contribution is 7.99. The van der Waals surface area contributed by atoms with Crippen molar-refractivity contribution in [2.75, 3.05) is 12.4 Å². The molecule has 2 aromatic heterocycles. The van der Waals surface area contributed by atoms with Crippen molar-refractivity contribution < 1.29 is 22.7 Å². The standard InChI is InChI=1S/C18H14ClF3N4O2S/c19-12-7-10(18(20,21)22)8-26-16(12)24-25-17(26)29-9-15(27)23-13-5-6-28-14-4-2-1-3-11(13)14/h1-4,7-8,13H,5-6,9H2,(H,23,27)/t13-/m1/s1. The zero-order chi connectivity index (χ0) is 20.6. The second-order valence-corrected chi connectivity index (χ2v) is 7.68. The lowest BCUT2D eigenvalue weighted by atomic mass is 10.0. The average molecular weight is 443 g/mol. The van der Waals surface area contributed by atoms with E-state index in [4.69, 9.17) is 16.3 Å². The minimum atomic E-state index is -4.56. The number of carbonyl (C=O) groups excluding carboxylic acids is 1. The van der Waals surface area contributed by atoms with Gasteiger partial charge in [0.15, 0.2) is 10.8 Å². The van der Waals surface area contributed by atoms with Gasteiger partial charge in [-0.3, -0.25) is 9.20 Å². The molecule has 1 aliphatic rings. The third-order valence-corrected chi connectivity index (χ3v) is 5.60. The van der Waals surface area contributed by atoms with Crippen molar-refractivity contribution in [3.63, 3.8) is 0 Å². The Bertz CT molecular complexity index is 1070. The van der Waals surface area contributed by atoms with Crippen LogP contribution in [0.3, 0.4) is 0 Å². The fourth-order valence-electron chi connectivity index (χ4n) is 3.05. The van der Waals surface area contributed by atoms with Crippen molar-refractivity contribution in [3.8, 4) is 5.75 Å². The molecule has 0 saturated heterocycles. The predicted octanol–water partition coefficient (Wildman–Crippen LogP) is 4.13. The third kappa shape index (κ3) is 4.13. The number of amides is 1. The van der Waals surface area contributed by atoms with Crippen LogP contribution in [0.5, 0.6) is 5.75 Å². The lowest BCUT2D eigenvalue weighted by Gasteiger charge is -2.26. The van der Waals surface area contributed by atoms with Crippen LogP contribution in [0.1, 0.15) is 23.6 Å². The van der Waals surface area contributed by atoms with Crippen molar-refractivity contribution in [2.24, 2.45) is 0 Å². The zero-order valence-corrected chi connectivity index (χ0v) is 16.3. The highest BCUT2D eigenvalue weighted by atomic mass is 35.5. The van der Waals surface area contributed by atoms with Crippen LogP contribution in [-0.4, -0.2) is 32.9 Å². The topological polar surface area (TPSA) is 68.5 Å². The molecule has 0 aliphatic carbocycles. The number of halogens is 4. The van der Waals surface area contributed by atoms with Gasteiger partial charge in [-0.25, -0.2) is 0 Å². The van der Waals surface area contributed by atoms with Gasteiger partial charge < -0.3 is 10.1 Å². The largest absolute Gasteiger partial charge is 0.493 e. The van der Waals surface area contributed by atoms with E-state index in [1.165, 1.54) is 0 Å². The van der Waals surface area contributed by atoms with Crippen LogP contribution < -0.4 is 10.1 Å². The van der Waals surface area contributed by atoms with E-state index < -0.39 is 11.7 Å². The second-order valence-electron chi connectivity index (χ2n) is 6.33. The van der Waals surface area contributed by atoms with E-state index in [0.717, 1.165) is 39.7 Å². The number of hydrogen-bond acceptors (Lipinski definition) is 5. The van der Waals surface area contributed by atoms with Gasteiger partial charge in [0, 0.05) is 18.2 Å². The molecule has 1 atom stereocenters. The van der Waals surface area contributed by atoms with Gasteiger partial charge in [-0.15, -0.1) is 10.2 Å². The van der Waals surface area contributed by atoms with Crippen LogP contribution in [-0.2, 0) is 11.0 Å². The van der Waals surface area contributed by atoms with E-state index in [2.05, 4.69) is 15.5 Å². The van der Waals surface area contributed by atoms with Crippen LogP contribution in [0.4, 0.5) is 13.2 Å². The SMILES string of the molecule is O=C(CSc1nnc2c(Cl)cc(C(F)(F)F)cn12)N[C@@H]1CCOc2ccccc21. The van der Waals surface area contributed by atoms with Gasteiger partial charge >= 0.3 is 6.18 Å². The first-order chi connectivity index (χ1) is 13.8. The smallest absolute Gasteiger partial charge is 0.417 e. The first-order valence-electron chi connectivity index (χ1n) is 8.58. The summed E-state index contributed by atoms with van der Waals surface area (Å²) in [5, 5.41) is 10.6. The fraction of sp³-hybridized carbons (Fsp3) is 0.278. The molecule has 3 aromatic rings. The van der Waals surface area contributed by atoms with E-state index in [1.807, 2.05) is 24.3 Å². The minimum absolute atomic E-state index is 0.0335. The van der Waals surface area contributed by atoms with Crippen molar-refractivity contribution in [1.29, 1.82) is 0 Å². The van der Waals surface area contributed by atoms with Crippen molar-refractivity contribution in [3.05, 3.63) is 52.7 Å². The number of fused-ring (bicyclic) bond motifs is 2. The maximum atomic E-state index is 13.0. The number of hydrogen-bond donors (Lipinski definition) is 1. The van der Waals surface area contributed by atoms with Gasteiger partial charge in [0.05, 0.1) is 29.0 Å². The predicted molar refractivity (Wildman–Crippen MR) is 101 cm³/mol. The number of thioether (sulfide) groups is 1. The van der Waals surface area contributed by atoms with Gasteiger partial charge in [-0.2, -0.15) is 13.2 Å². The van der Waals surface area contributed by atoms with Gasteiger partial charge in [0.25, 0.3) is 0 Å². The van der Waals surface area contributed by atoms with Gasteiger partial charge in [-0.1, -0.05) is 41.6 Å². The number of carbonyl (C=O) groups is 1. The summed E-state index contributed by atoms with van der Waals surface area (Å²) in [6.45, 7) is 0.489. The summed E-state index contributed by atoms with van der Waals surface area (Å²) in [5.74, 6) is 0.426. The number of aromatic nitrogens is 3. The molecule has 152 valence electrons. The Balaban J connectivity index is 1.48. The van der Waals surface area contributed by atoms with Crippen molar-refractivity contribution >= 4 is 34.9 Å². The Morgan fingerprint density at radius 1 is 1.34 bits per heavy atom. The Hall–Kier alpha value is -2.46. The molecular formula is C18H14ClF3N4O2S. The van der Waals surface area contributed by atoms with Gasteiger partial charge in [-0.05, 0) is 12.1 Å². The molecule has 1 aromatic carbocycles. The van der Waals surface area contributed by atoms with Crippen molar-refractivity contribution in [1.82, 2.24) is 19.9 Å². The first-order valence-corrected chi connectivity index (χ1v) is 9.94. The number of ether oxygens (including phenoxy) is 1. The van der Waals surface area contributed by atoms with Gasteiger partial charge in [0.1, 0.15) is 5.75 Å². The second kappa shape index (κ2) is 7.75. The summed E-state index contributed by atoms with van der Waals surface area (Å²) < 4.78 is 45.8. The number of benzene rings is 1. The molecule has 0 unspecified atom stereocenters. The average Bonchev–Trinajstić information content (AvgIpc) is 3.10. The normalized spacial score (nSPS) is 16.3. The number of nitrogens with one attached hydrogen (secondary N) is 1. The molecular weight excluding hydrogens is 429 g/mol. The number of nitrogens with zero attached hydrogens (tertiary/aromatic N) is 3. The van der Waals surface area contributed by atoms with Crippen LogP contribution in [0.25, 0.3) is 5.65 Å². The Labute approximate surface area is 172 Å². The number of para-hydroxylation sites is 1. The lowest BCUT2D eigenvalue weighted by Crippen LogP contribution is -2.33. The van der Waals surface area contributed by atoms with Crippen LogP contribution in [0.15, 0.2) is 41.7 Å². The van der Waals surface area contributed by atoms with Crippen LogP contribution >= 0.6 is 23.4 Å². The first kappa shape index (κ1) is 19.8. The number of rotatable bonds is 4. The Morgan fingerprint density at radius 2 is 2.14 bits per heavy atom. The molecule has 0 saturated carbocycles. The van der Waals surface area contributed by atoms with Crippen molar-refractivity contribution in [2.45, 2.75) is 23.8 Å². The Kier molecular flexibility index (Phi) is 5.30. The summed E-state index contributed by atoms with van der Waals surface area (Å²) in [7, 11) is 0. The Morgan fingerprint density at radius 3 is 2.93 bits per heavy atom. The third-order valence-electron chi connectivity index (χ3n) is 4.38. The highest BCUT2D eigenvalue weighted by Crippen LogP contribution is 2.34. The molecule has 1 aliphatic heterocycles. The van der Waals surface area contributed by atoms with Crippen LogP contribution in [0.2, 0.25) is 5.02 Å². The molecule has 0 radical (unpaired) electrons. The monoisotopic (exact) mass is 442 g/mol. The van der Waals surface area contributed by atoms with E-state index in [0.29, 0.717) is 13.0 Å². The van der Waals surface area contributed by atoms with E-state index >= 15 is 0 Å². The quantitative estimate of drug-likeness (QED) is 0.615. The molecule has 11 heteroatoms. The van der Waals surface area contributed by atoms with E-state index in [1.54, 1.807) is 0 Å². The molecule has 29 heavy (non-hydrogen) atoms. The summed E-state index contributed by atoms with van der Waals surface area (Å²) >= 11 is 6.88. The van der Waals surface area contributed by atoms with E-state index in [9.17, 15) is 18.0 Å². The molecule has 6 nitrogen and oxygen atoms in total. The zero-order valence-electron chi connectivity index (χ0n) is 14.7. The van der Waals surface area contributed by atoms with E-state index in [-0.39, 0.29) is 33.5 Å². The molecule has 1 N–H and O–H groups in total. The maximum absolute atomic E-state index is 13.0. The minimum Gasteiger partial charge on any atom is -0.493 e. The summed E-state index contributed by atoms with van der Waals surface area (Å²) in [4.78, 5) is 12.4. The highest BCUT2D eigenvalue weighted by Gasteiger charge is 2.32. The summed E-state index contributed by atoms with van der Waals surface area (Å²) in [6, 6.07) is 8.07. The molecule has 0 fully saturated rings. The maximum Gasteiger partial charge on any atom is 0.417 e. The summed E-state index contributed by atoms with van der Waals surface area (Å²) in [5.41, 5.74) is 0.0764. The number of alkyl halides is 3. The molecule has 0 bridgehead atoms. The molecule has 3 heterocycles. The fourth-order valence-corrected chi connectivity index (χ4v) is 4.01. The summed E-state index contributed by atoms with van der Waals surface area (Å²) in [6.07, 6.45) is -3.06. The van der Waals surface area contributed by atoms with Crippen LogP contribution in [0, 0.1) is 0 Å². The lowest BCUT2D eigenvalue weighted by molar-refractivity contribution is -0.137. The number of pyridine rings is 1.